The maximum absolute atomic E-state index is 11.6. The predicted molar refractivity (Wildman–Crippen MR) is 63.0 cm³/mol. The largest absolute Gasteiger partial charge is 0.395 e. The molecule has 0 rings (SSSR count). The molecule has 0 aliphatic carbocycles. The molecule has 16 heavy (non-hydrogen) atoms. The lowest BCUT2D eigenvalue weighted by Gasteiger charge is -2.20. The highest BCUT2D eigenvalue weighted by molar-refractivity contribution is 8.13. The van der Waals surface area contributed by atoms with Gasteiger partial charge in [0, 0.05) is 19.8 Å². The molecule has 0 aromatic rings. The Balaban J connectivity index is 4.17. The first-order chi connectivity index (χ1) is 7.22. The molecule has 0 fully saturated rings. The lowest BCUT2D eigenvalue weighted by molar-refractivity contribution is -0.136. The topological polar surface area (TPSA) is 77.8 Å². The smallest absolute Gasteiger partial charge is 0.251 e. The zero-order chi connectivity index (χ0) is 12.9. The highest BCUT2D eigenvalue weighted by Crippen LogP contribution is 2.23. The Labute approximate surface area is 99.8 Å². The number of nitrogens with zero attached hydrogens (tertiary/aromatic N) is 1. The molecule has 0 bridgehead atoms. The van der Waals surface area contributed by atoms with Crippen LogP contribution in [0.15, 0.2) is 0 Å². The summed E-state index contributed by atoms with van der Waals surface area (Å²) < 4.78 is 0. The summed E-state index contributed by atoms with van der Waals surface area (Å²) in [5.74, 6) is -0.415. The van der Waals surface area contributed by atoms with Gasteiger partial charge in [-0.1, -0.05) is 11.8 Å². The van der Waals surface area contributed by atoms with Gasteiger partial charge in [-0.2, -0.15) is 0 Å². The minimum absolute atomic E-state index is 0.0132. The van der Waals surface area contributed by atoms with E-state index in [1.54, 1.807) is 13.8 Å². The van der Waals surface area contributed by atoms with Gasteiger partial charge < -0.3 is 15.1 Å². The zero-order valence-electron chi connectivity index (χ0n) is 10.1. The van der Waals surface area contributed by atoms with Gasteiger partial charge in [0.05, 0.1) is 12.0 Å². The van der Waals surface area contributed by atoms with Gasteiger partial charge in [-0.3, -0.25) is 9.59 Å². The number of aliphatic hydroxyl groups is 2. The molecule has 2 N–H and O–H groups in total. The van der Waals surface area contributed by atoms with Gasteiger partial charge in [-0.15, -0.1) is 0 Å². The molecule has 0 radical (unpaired) electrons. The van der Waals surface area contributed by atoms with Gasteiger partial charge in [0.15, 0.2) is 5.12 Å². The molecule has 1 amide bonds. The summed E-state index contributed by atoms with van der Waals surface area (Å²) in [5.41, 5.74) is -0.842. The fourth-order valence-electron chi connectivity index (χ4n) is 0.784. The first-order valence-corrected chi connectivity index (χ1v) is 5.88. The van der Waals surface area contributed by atoms with E-state index in [1.165, 1.54) is 19.0 Å². The maximum Gasteiger partial charge on any atom is 0.251 e. The molecular weight excluding hydrogens is 230 g/mol. The number of hydrogen-bond donors (Lipinski definition) is 2. The Morgan fingerprint density at radius 1 is 1.38 bits per heavy atom. The first kappa shape index (κ1) is 15.4. The molecule has 0 spiro atoms. The number of amides is 1. The molecular formula is C10H19NO4S. The average molecular weight is 249 g/mol. The SMILES string of the molecule is CN(C)C(=O)C(O)CSC(=O)C(C)(C)CO. The van der Waals surface area contributed by atoms with Crippen molar-refractivity contribution < 1.29 is 19.8 Å². The summed E-state index contributed by atoms with van der Waals surface area (Å²) in [7, 11) is 3.07. The fraction of sp³-hybridized carbons (Fsp3) is 0.800. The van der Waals surface area contributed by atoms with Crippen LogP contribution >= 0.6 is 11.8 Å². The van der Waals surface area contributed by atoms with Gasteiger partial charge >= 0.3 is 0 Å². The van der Waals surface area contributed by atoms with Crippen LogP contribution in [0.2, 0.25) is 0 Å². The Bertz CT molecular complexity index is 266. The molecule has 0 aromatic carbocycles. The van der Waals surface area contributed by atoms with E-state index in [1.807, 2.05) is 0 Å². The molecule has 94 valence electrons. The van der Waals surface area contributed by atoms with Gasteiger partial charge in [0.1, 0.15) is 6.10 Å². The number of hydrogen-bond acceptors (Lipinski definition) is 5. The molecule has 1 atom stereocenters. The van der Waals surface area contributed by atoms with Crippen LogP contribution in [0, 0.1) is 5.41 Å². The number of thioether (sulfide) groups is 1. The molecule has 6 heteroatoms. The van der Waals surface area contributed by atoms with E-state index in [2.05, 4.69) is 0 Å². The van der Waals surface area contributed by atoms with Gasteiger partial charge in [0.2, 0.25) is 0 Å². The second-order valence-electron chi connectivity index (χ2n) is 4.39. The normalized spacial score (nSPS) is 13.4. The quantitative estimate of drug-likeness (QED) is 0.700. The maximum atomic E-state index is 11.6. The van der Waals surface area contributed by atoms with Crippen molar-refractivity contribution in [2.45, 2.75) is 20.0 Å². The fourth-order valence-corrected chi connectivity index (χ4v) is 1.69. The van der Waals surface area contributed by atoms with E-state index >= 15 is 0 Å². The Kier molecular flexibility index (Phi) is 5.99. The molecule has 0 heterocycles. The van der Waals surface area contributed by atoms with Crippen LogP contribution in [0.5, 0.6) is 0 Å². The molecule has 0 saturated heterocycles. The van der Waals surface area contributed by atoms with Crippen LogP contribution in [0.3, 0.4) is 0 Å². The van der Waals surface area contributed by atoms with Crippen LogP contribution in [-0.2, 0) is 9.59 Å². The van der Waals surface area contributed by atoms with Gasteiger partial charge in [0.25, 0.3) is 5.91 Å². The van der Waals surface area contributed by atoms with E-state index in [0.29, 0.717) is 0 Å². The molecule has 0 aromatic heterocycles. The number of carbonyl (C=O) groups is 2. The van der Waals surface area contributed by atoms with Crippen LogP contribution in [0.25, 0.3) is 0 Å². The van der Waals surface area contributed by atoms with Crippen molar-refractivity contribution in [2.75, 3.05) is 26.5 Å². The summed E-state index contributed by atoms with van der Waals surface area (Å²) in [6.07, 6.45) is -1.18. The number of aliphatic hydroxyl groups excluding tert-OH is 2. The van der Waals surface area contributed by atoms with Crippen molar-refractivity contribution in [2.24, 2.45) is 5.41 Å². The van der Waals surface area contributed by atoms with Crippen molar-refractivity contribution in [3.63, 3.8) is 0 Å². The summed E-state index contributed by atoms with van der Waals surface area (Å²) in [6.45, 7) is 2.97. The van der Waals surface area contributed by atoms with Crippen molar-refractivity contribution in [3.05, 3.63) is 0 Å². The third-order valence-corrected chi connectivity index (χ3v) is 3.34. The minimum atomic E-state index is -1.18. The Hall–Kier alpha value is -0.590. The summed E-state index contributed by atoms with van der Waals surface area (Å²) in [4.78, 5) is 24.1. The molecule has 1 unspecified atom stereocenters. The second-order valence-corrected chi connectivity index (χ2v) is 5.38. The van der Waals surface area contributed by atoms with Gasteiger partial charge in [-0.25, -0.2) is 0 Å². The highest BCUT2D eigenvalue weighted by atomic mass is 32.2. The summed E-state index contributed by atoms with van der Waals surface area (Å²) in [5, 5.41) is 18.2. The van der Waals surface area contributed by atoms with Crippen LogP contribution in [-0.4, -0.2) is 58.7 Å². The number of rotatable bonds is 5. The van der Waals surface area contributed by atoms with Crippen molar-refractivity contribution in [3.8, 4) is 0 Å². The summed E-state index contributed by atoms with van der Waals surface area (Å²) >= 11 is 0.865. The van der Waals surface area contributed by atoms with Crippen molar-refractivity contribution in [1.82, 2.24) is 4.90 Å². The van der Waals surface area contributed by atoms with Crippen molar-refractivity contribution in [1.29, 1.82) is 0 Å². The van der Waals surface area contributed by atoms with E-state index < -0.39 is 17.4 Å². The lowest BCUT2D eigenvalue weighted by Crippen LogP contribution is -2.36. The number of likely N-dealkylation sites (N-methyl/N-ethyl adjacent to an activating group) is 1. The Morgan fingerprint density at radius 2 is 1.88 bits per heavy atom. The van der Waals surface area contributed by atoms with E-state index in [9.17, 15) is 14.7 Å². The van der Waals surface area contributed by atoms with E-state index in [0.717, 1.165) is 11.8 Å². The third-order valence-electron chi connectivity index (χ3n) is 2.05. The standard InChI is InChI=1S/C10H19NO4S/c1-10(2,6-12)9(15)16-5-7(13)8(14)11(3)4/h7,12-13H,5-6H2,1-4H3. The first-order valence-electron chi connectivity index (χ1n) is 4.89. The lowest BCUT2D eigenvalue weighted by atomic mass is 9.97. The number of carbonyl (C=O) groups excluding carboxylic acids is 2. The summed E-state index contributed by atoms with van der Waals surface area (Å²) in [6, 6.07) is 0. The van der Waals surface area contributed by atoms with Crippen LogP contribution < -0.4 is 0 Å². The van der Waals surface area contributed by atoms with Crippen LogP contribution in [0.4, 0.5) is 0 Å². The Morgan fingerprint density at radius 3 is 2.25 bits per heavy atom. The van der Waals surface area contributed by atoms with Crippen LogP contribution in [0.1, 0.15) is 13.8 Å². The van der Waals surface area contributed by atoms with E-state index in [-0.39, 0.29) is 17.5 Å². The average Bonchev–Trinajstić information content (AvgIpc) is 2.23. The predicted octanol–water partition coefficient (Wildman–Crippen LogP) is -0.286. The molecule has 0 aliphatic rings. The third kappa shape index (κ3) is 4.51. The monoisotopic (exact) mass is 249 g/mol. The van der Waals surface area contributed by atoms with E-state index in [4.69, 9.17) is 5.11 Å². The minimum Gasteiger partial charge on any atom is -0.395 e. The highest BCUT2D eigenvalue weighted by Gasteiger charge is 2.28. The van der Waals surface area contributed by atoms with Crippen molar-refractivity contribution >= 4 is 22.8 Å². The molecule has 0 aliphatic heterocycles. The zero-order valence-corrected chi connectivity index (χ0v) is 10.9. The molecule has 5 nitrogen and oxygen atoms in total. The van der Waals surface area contributed by atoms with Gasteiger partial charge in [-0.05, 0) is 13.8 Å². The molecule has 0 saturated carbocycles. The second kappa shape index (κ2) is 6.22.